The number of halogens is 1. The van der Waals surface area contributed by atoms with Gasteiger partial charge in [-0.2, -0.15) is 0 Å². The molecular formula is C43H53FN4O4. The summed E-state index contributed by atoms with van der Waals surface area (Å²) in [5, 5.41) is 0. The molecular weight excluding hydrogens is 655 g/mol. The van der Waals surface area contributed by atoms with Crippen LogP contribution < -0.4 is 10.5 Å². The van der Waals surface area contributed by atoms with Crippen LogP contribution in [0.2, 0.25) is 0 Å². The van der Waals surface area contributed by atoms with Crippen molar-refractivity contribution in [1.82, 2.24) is 4.90 Å². The third-order valence-electron chi connectivity index (χ3n) is 9.72. The SMILES string of the molecule is CCCN(CCN)CC(=O)CCCCOCCCCC(=O)c1ccc(C2(C3=N/C=C\CCC4C(c5ccc(OC(C)F)cc5)=CN=C34)C#C2)cc1C. The Morgan fingerprint density at radius 2 is 1.79 bits per heavy atom. The summed E-state index contributed by atoms with van der Waals surface area (Å²) in [6.45, 7) is 9.40. The molecule has 0 bridgehead atoms. The second-order valence-electron chi connectivity index (χ2n) is 13.9. The number of aliphatic imine (C=N–C) groups is 2. The number of fused-ring (bicyclic) bond motifs is 1. The van der Waals surface area contributed by atoms with Crippen LogP contribution in [0.3, 0.4) is 0 Å². The van der Waals surface area contributed by atoms with Crippen LogP contribution in [-0.2, 0) is 14.9 Å². The summed E-state index contributed by atoms with van der Waals surface area (Å²) in [4.78, 5) is 37.4. The summed E-state index contributed by atoms with van der Waals surface area (Å²) < 4.78 is 24.3. The number of unbranched alkanes of at least 4 members (excludes halogenated alkanes) is 2. The highest BCUT2D eigenvalue weighted by Gasteiger charge is 2.47. The lowest BCUT2D eigenvalue weighted by Gasteiger charge is -2.25. The Labute approximate surface area is 308 Å². The van der Waals surface area contributed by atoms with Crippen LogP contribution in [0.4, 0.5) is 4.39 Å². The van der Waals surface area contributed by atoms with E-state index in [0.717, 1.165) is 97.3 Å². The number of carbonyl (C=O) groups is 2. The minimum absolute atomic E-state index is 0.0418. The molecule has 276 valence electrons. The molecule has 0 saturated carbocycles. The number of allylic oxidation sites excluding steroid dienone is 2. The summed E-state index contributed by atoms with van der Waals surface area (Å²) in [7, 11) is 0. The minimum Gasteiger partial charge on any atom is -0.461 e. The highest BCUT2D eigenvalue weighted by molar-refractivity contribution is 6.51. The number of nitrogens with zero attached hydrogens (tertiary/aromatic N) is 3. The number of Topliss-reactive ketones (excluding diaryl/α,β-unsaturated/α-hetero) is 2. The molecule has 2 N–H and O–H groups in total. The van der Waals surface area contributed by atoms with E-state index in [1.165, 1.54) is 6.92 Å². The predicted molar refractivity (Wildman–Crippen MR) is 207 cm³/mol. The number of ketones is 2. The Morgan fingerprint density at radius 1 is 1.04 bits per heavy atom. The van der Waals surface area contributed by atoms with E-state index >= 15 is 0 Å². The molecule has 0 amide bonds. The molecule has 0 fully saturated rings. The number of alkyl halides is 1. The van der Waals surface area contributed by atoms with E-state index in [-0.39, 0.29) is 17.5 Å². The molecule has 0 saturated heterocycles. The molecule has 2 aliphatic heterocycles. The second-order valence-corrected chi connectivity index (χ2v) is 13.9. The van der Waals surface area contributed by atoms with Crippen molar-refractivity contribution in [2.75, 3.05) is 39.4 Å². The molecule has 1 aliphatic carbocycles. The van der Waals surface area contributed by atoms with Crippen LogP contribution >= 0.6 is 0 Å². The van der Waals surface area contributed by atoms with E-state index in [0.29, 0.717) is 44.9 Å². The van der Waals surface area contributed by atoms with Crippen LogP contribution in [0.5, 0.6) is 5.75 Å². The van der Waals surface area contributed by atoms with Crippen molar-refractivity contribution in [3.63, 3.8) is 0 Å². The molecule has 2 aromatic rings. The molecule has 0 aromatic heterocycles. The minimum atomic E-state index is -1.38. The number of ether oxygens (including phenoxy) is 2. The molecule has 2 unspecified atom stereocenters. The summed E-state index contributed by atoms with van der Waals surface area (Å²) >= 11 is 0. The molecule has 9 heteroatoms. The lowest BCUT2D eigenvalue weighted by atomic mass is 9.77. The molecule has 52 heavy (non-hydrogen) atoms. The summed E-state index contributed by atoms with van der Waals surface area (Å²) in [6.07, 6.45) is 11.5. The predicted octanol–water partition coefficient (Wildman–Crippen LogP) is 7.58. The lowest BCUT2D eigenvalue weighted by molar-refractivity contribution is -0.120. The van der Waals surface area contributed by atoms with E-state index < -0.39 is 11.8 Å². The van der Waals surface area contributed by atoms with Crippen LogP contribution in [-0.4, -0.2) is 73.6 Å². The summed E-state index contributed by atoms with van der Waals surface area (Å²) in [5.74, 6) is 7.61. The number of hydrogen-bond donors (Lipinski definition) is 1. The van der Waals surface area contributed by atoms with Crippen LogP contribution in [0, 0.1) is 24.7 Å². The highest BCUT2D eigenvalue weighted by Crippen LogP contribution is 2.41. The number of nitrogens with two attached hydrogens (primary N) is 1. The average molecular weight is 709 g/mol. The Hall–Kier alpha value is -4.23. The Bertz CT molecular complexity index is 1730. The topological polar surface area (TPSA) is 107 Å². The van der Waals surface area contributed by atoms with E-state index in [4.69, 9.17) is 25.2 Å². The zero-order valence-corrected chi connectivity index (χ0v) is 31.0. The number of benzene rings is 2. The van der Waals surface area contributed by atoms with Gasteiger partial charge >= 0.3 is 0 Å². The second kappa shape index (κ2) is 19.0. The quantitative estimate of drug-likeness (QED) is 0.0768. The number of carbonyl (C=O) groups excluding carboxylic acids is 2. The molecule has 2 aromatic carbocycles. The van der Waals surface area contributed by atoms with E-state index in [1.54, 1.807) is 12.1 Å². The zero-order chi connectivity index (χ0) is 36.9. The van der Waals surface area contributed by atoms with Gasteiger partial charge in [-0.05, 0) is 92.8 Å². The number of rotatable bonds is 22. The number of aryl methyl sites for hydroxylation is 1. The average Bonchev–Trinajstić information content (AvgIpc) is 3.81. The van der Waals surface area contributed by atoms with Crippen molar-refractivity contribution in [1.29, 1.82) is 0 Å². The van der Waals surface area contributed by atoms with Gasteiger partial charge in [-0.25, -0.2) is 4.39 Å². The maximum Gasteiger partial charge on any atom is 0.235 e. The van der Waals surface area contributed by atoms with Crippen molar-refractivity contribution in [3.8, 4) is 17.6 Å². The zero-order valence-electron chi connectivity index (χ0n) is 31.0. The monoisotopic (exact) mass is 708 g/mol. The summed E-state index contributed by atoms with van der Waals surface area (Å²) in [6, 6.07) is 13.4. The molecule has 0 radical (unpaired) electrons. The van der Waals surface area contributed by atoms with Gasteiger partial charge in [0.05, 0.1) is 18.0 Å². The third-order valence-corrected chi connectivity index (χ3v) is 9.72. The Morgan fingerprint density at radius 3 is 2.46 bits per heavy atom. The van der Waals surface area contributed by atoms with Gasteiger partial charge in [-0.1, -0.05) is 55.2 Å². The molecule has 2 atom stereocenters. The van der Waals surface area contributed by atoms with Gasteiger partial charge in [0.2, 0.25) is 6.36 Å². The van der Waals surface area contributed by atoms with E-state index in [9.17, 15) is 14.0 Å². The van der Waals surface area contributed by atoms with Crippen molar-refractivity contribution in [2.24, 2.45) is 21.6 Å². The van der Waals surface area contributed by atoms with Crippen molar-refractivity contribution >= 4 is 28.6 Å². The molecule has 0 spiro atoms. The van der Waals surface area contributed by atoms with E-state index in [1.807, 2.05) is 43.6 Å². The van der Waals surface area contributed by atoms with Gasteiger partial charge in [-0.3, -0.25) is 24.5 Å². The first-order valence-corrected chi connectivity index (χ1v) is 18.9. The maximum absolute atomic E-state index is 13.3. The highest BCUT2D eigenvalue weighted by atomic mass is 19.1. The molecule has 8 nitrogen and oxygen atoms in total. The molecule has 5 rings (SSSR count). The van der Waals surface area contributed by atoms with Gasteiger partial charge < -0.3 is 15.2 Å². The van der Waals surface area contributed by atoms with Crippen molar-refractivity contribution in [2.45, 2.75) is 90.3 Å². The first kappa shape index (κ1) is 39.0. The van der Waals surface area contributed by atoms with Crippen molar-refractivity contribution < 1.29 is 23.5 Å². The smallest absolute Gasteiger partial charge is 0.235 e. The fourth-order valence-electron chi connectivity index (χ4n) is 7.02. The fraction of sp³-hybridized carbons (Fsp3) is 0.488. The first-order valence-electron chi connectivity index (χ1n) is 18.9. The first-order chi connectivity index (χ1) is 25.3. The number of hydrogen-bond acceptors (Lipinski definition) is 8. The Kier molecular flexibility index (Phi) is 14.3. The fourth-order valence-corrected chi connectivity index (χ4v) is 7.02. The van der Waals surface area contributed by atoms with Gasteiger partial charge in [0.15, 0.2) is 11.2 Å². The van der Waals surface area contributed by atoms with Crippen LogP contribution in [0.15, 0.2) is 70.9 Å². The van der Waals surface area contributed by atoms with Crippen molar-refractivity contribution in [3.05, 3.63) is 83.2 Å². The van der Waals surface area contributed by atoms with Gasteiger partial charge in [0.25, 0.3) is 0 Å². The van der Waals surface area contributed by atoms with Gasteiger partial charge in [-0.15, -0.1) is 0 Å². The third kappa shape index (κ3) is 10.2. The Balaban J connectivity index is 1.09. The van der Waals surface area contributed by atoms with Gasteiger partial charge in [0, 0.05) is 69.9 Å². The van der Waals surface area contributed by atoms with Crippen LogP contribution in [0.1, 0.15) is 98.7 Å². The van der Waals surface area contributed by atoms with Gasteiger partial charge in [0.1, 0.15) is 11.5 Å². The molecule has 3 aliphatic rings. The van der Waals surface area contributed by atoms with E-state index in [2.05, 4.69) is 35.8 Å². The van der Waals surface area contributed by atoms with Crippen LogP contribution in [0.25, 0.3) is 5.57 Å². The standard InChI is InChI=1S/C43H53FN4O4/c1-4-24-48(25-22-45)30-35(49)11-6-9-26-51-27-10-7-13-40(50)37-19-16-34(28-31(37)2)43(20-21-43)42-41-38(12-5-8-23-46-42)39(29-47-41)33-14-17-36(18-15-33)52-32(3)44/h8,14-19,23,28-29,32,38H,4-7,9-13,22,24-27,30,45H2,1-3H3/b23-8-,46-42?. The largest absolute Gasteiger partial charge is 0.461 e. The lowest BCUT2D eigenvalue weighted by Crippen LogP contribution is -2.36. The summed E-state index contributed by atoms with van der Waals surface area (Å²) in [5.41, 5.74) is 11.4. The molecule has 2 heterocycles. The maximum atomic E-state index is 13.3. The normalized spacial score (nSPS) is 18.2.